The van der Waals surface area contributed by atoms with Gasteiger partial charge in [-0.2, -0.15) is 0 Å². The number of carbonyl (C=O) groups excluding carboxylic acids is 1. The van der Waals surface area contributed by atoms with Crippen LogP contribution in [0.1, 0.15) is 23.1 Å². The number of sulfone groups is 1. The summed E-state index contributed by atoms with van der Waals surface area (Å²) in [5.41, 5.74) is 1.78. The lowest BCUT2D eigenvalue weighted by Crippen LogP contribution is -2.25. The highest BCUT2D eigenvalue weighted by molar-refractivity contribution is 7.90. The molecule has 0 aliphatic rings. The first-order chi connectivity index (χ1) is 16.9. The molecule has 0 bridgehead atoms. The van der Waals surface area contributed by atoms with Gasteiger partial charge in [0.2, 0.25) is 0 Å². The van der Waals surface area contributed by atoms with E-state index in [2.05, 4.69) is 4.98 Å². The second-order valence-electron chi connectivity index (χ2n) is 7.91. The molecule has 1 aromatic heterocycles. The van der Waals surface area contributed by atoms with Gasteiger partial charge in [0, 0.05) is 0 Å². The van der Waals surface area contributed by atoms with Crippen LogP contribution >= 0.6 is 0 Å². The predicted octanol–water partition coefficient (Wildman–Crippen LogP) is 3.63. The molecule has 0 radical (unpaired) electrons. The SMILES string of the molecule is CCOC(=O)c1ccc(OCC(O)Cn2c(CS(=O)(=O)c3ccccc3)nc3ccccc32)cc1. The maximum atomic E-state index is 13.0. The number of aliphatic hydroxyl groups excluding tert-OH is 1. The fourth-order valence-corrected chi connectivity index (χ4v) is 4.98. The third-order valence-electron chi connectivity index (χ3n) is 5.36. The minimum absolute atomic E-state index is 0.0316. The highest BCUT2D eigenvalue weighted by atomic mass is 32.2. The van der Waals surface area contributed by atoms with Crippen LogP contribution < -0.4 is 4.74 Å². The van der Waals surface area contributed by atoms with Crippen LogP contribution in [0.2, 0.25) is 0 Å². The first-order valence-corrected chi connectivity index (χ1v) is 12.8. The summed E-state index contributed by atoms with van der Waals surface area (Å²) >= 11 is 0. The zero-order chi connectivity index (χ0) is 24.8. The molecule has 182 valence electrons. The van der Waals surface area contributed by atoms with E-state index in [1.165, 1.54) is 0 Å². The largest absolute Gasteiger partial charge is 0.491 e. The van der Waals surface area contributed by atoms with Crippen LogP contribution in [0.3, 0.4) is 0 Å². The summed E-state index contributed by atoms with van der Waals surface area (Å²) in [6.45, 7) is 2.10. The molecular weight excluding hydrogens is 468 g/mol. The Kier molecular flexibility index (Phi) is 7.48. The number of nitrogens with zero attached hydrogens (tertiary/aromatic N) is 2. The third-order valence-corrected chi connectivity index (χ3v) is 6.98. The first-order valence-electron chi connectivity index (χ1n) is 11.2. The zero-order valence-electron chi connectivity index (χ0n) is 19.2. The number of rotatable bonds is 10. The van der Waals surface area contributed by atoms with Gasteiger partial charge >= 0.3 is 5.97 Å². The van der Waals surface area contributed by atoms with Gasteiger partial charge in [-0.25, -0.2) is 18.2 Å². The van der Waals surface area contributed by atoms with Gasteiger partial charge in [0.1, 0.15) is 30.0 Å². The molecule has 1 heterocycles. The number of aromatic nitrogens is 2. The van der Waals surface area contributed by atoms with E-state index in [9.17, 15) is 18.3 Å². The number of benzene rings is 3. The van der Waals surface area contributed by atoms with Gasteiger partial charge in [-0.1, -0.05) is 30.3 Å². The lowest BCUT2D eigenvalue weighted by molar-refractivity contribution is 0.0526. The average molecular weight is 495 g/mol. The molecule has 1 atom stereocenters. The summed E-state index contributed by atoms with van der Waals surface area (Å²) < 4.78 is 38.3. The van der Waals surface area contributed by atoms with Gasteiger partial charge < -0.3 is 19.1 Å². The molecular formula is C26H26N2O6S. The van der Waals surface area contributed by atoms with Crippen molar-refractivity contribution in [2.75, 3.05) is 13.2 Å². The first kappa shape index (κ1) is 24.4. The maximum absolute atomic E-state index is 13.0. The summed E-state index contributed by atoms with van der Waals surface area (Å²) in [7, 11) is -3.62. The van der Waals surface area contributed by atoms with Gasteiger partial charge in [-0.3, -0.25) is 0 Å². The van der Waals surface area contributed by atoms with Gasteiger partial charge in [-0.15, -0.1) is 0 Å². The lowest BCUT2D eigenvalue weighted by atomic mass is 10.2. The van der Waals surface area contributed by atoms with Crippen molar-refractivity contribution in [1.82, 2.24) is 9.55 Å². The highest BCUT2D eigenvalue weighted by Crippen LogP contribution is 2.22. The Morgan fingerprint density at radius 2 is 1.69 bits per heavy atom. The second-order valence-corrected chi connectivity index (χ2v) is 9.90. The second kappa shape index (κ2) is 10.7. The van der Waals surface area contributed by atoms with Crippen molar-refractivity contribution in [1.29, 1.82) is 0 Å². The van der Waals surface area contributed by atoms with Crippen molar-refractivity contribution in [2.24, 2.45) is 0 Å². The Labute approximate surface area is 203 Å². The van der Waals surface area contributed by atoms with Crippen LogP contribution in [0.25, 0.3) is 11.0 Å². The molecule has 4 aromatic rings. The molecule has 0 saturated carbocycles. The summed E-state index contributed by atoms with van der Waals surface area (Å²) in [5, 5.41) is 10.7. The summed E-state index contributed by atoms with van der Waals surface area (Å²) in [5.74, 6) is 0.116. The Balaban J connectivity index is 1.49. The number of esters is 1. The summed E-state index contributed by atoms with van der Waals surface area (Å²) in [6.07, 6.45) is -0.935. The number of hydrogen-bond donors (Lipinski definition) is 1. The molecule has 4 rings (SSSR count). The van der Waals surface area contributed by atoms with Gasteiger partial charge in [0.05, 0.1) is 34.6 Å². The van der Waals surface area contributed by atoms with Crippen LogP contribution in [0.15, 0.2) is 83.8 Å². The van der Waals surface area contributed by atoms with E-state index in [1.54, 1.807) is 72.2 Å². The molecule has 1 N–H and O–H groups in total. The number of aliphatic hydroxyl groups is 1. The number of ether oxygens (including phenoxy) is 2. The predicted molar refractivity (Wildman–Crippen MR) is 131 cm³/mol. The topological polar surface area (TPSA) is 108 Å². The molecule has 0 amide bonds. The Bertz CT molecular complexity index is 1400. The van der Waals surface area contributed by atoms with E-state index in [4.69, 9.17) is 9.47 Å². The van der Waals surface area contributed by atoms with Crippen molar-refractivity contribution >= 4 is 26.8 Å². The lowest BCUT2D eigenvalue weighted by Gasteiger charge is -2.16. The molecule has 1 unspecified atom stereocenters. The van der Waals surface area contributed by atoms with Crippen LogP contribution in [-0.4, -0.2) is 48.4 Å². The van der Waals surface area contributed by atoms with E-state index in [0.29, 0.717) is 29.3 Å². The number of fused-ring (bicyclic) bond motifs is 1. The van der Waals surface area contributed by atoms with Gasteiger partial charge in [0.25, 0.3) is 0 Å². The summed E-state index contributed by atoms with van der Waals surface area (Å²) in [4.78, 5) is 16.5. The molecule has 0 aliphatic carbocycles. The fourth-order valence-electron chi connectivity index (χ4n) is 3.68. The van der Waals surface area contributed by atoms with E-state index < -0.39 is 21.9 Å². The minimum Gasteiger partial charge on any atom is -0.491 e. The van der Waals surface area contributed by atoms with E-state index >= 15 is 0 Å². The van der Waals surface area contributed by atoms with Crippen molar-refractivity contribution in [3.8, 4) is 5.75 Å². The zero-order valence-corrected chi connectivity index (χ0v) is 20.0. The van der Waals surface area contributed by atoms with Crippen molar-refractivity contribution in [3.05, 3.63) is 90.3 Å². The van der Waals surface area contributed by atoms with Gasteiger partial charge in [0.15, 0.2) is 9.84 Å². The van der Waals surface area contributed by atoms with Crippen LogP contribution in [0.4, 0.5) is 0 Å². The molecule has 0 fully saturated rings. The van der Waals surface area contributed by atoms with Crippen LogP contribution in [-0.2, 0) is 26.9 Å². The minimum atomic E-state index is -3.62. The molecule has 3 aromatic carbocycles. The van der Waals surface area contributed by atoms with Gasteiger partial charge in [-0.05, 0) is 55.5 Å². The van der Waals surface area contributed by atoms with Crippen molar-refractivity contribution < 1.29 is 27.8 Å². The molecule has 9 heteroatoms. The van der Waals surface area contributed by atoms with E-state index in [1.807, 2.05) is 18.2 Å². The van der Waals surface area contributed by atoms with Crippen LogP contribution in [0.5, 0.6) is 5.75 Å². The standard InChI is InChI=1S/C26H26N2O6S/c1-2-33-26(30)19-12-14-21(15-13-19)34-17-20(29)16-28-24-11-7-6-10-23(24)27-25(28)18-35(31,32)22-8-4-3-5-9-22/h3-15,20,29H,2,16-18H2,1H3. The smallest absolute Gasteiger partial charge is 0.338 e. The number of hydrogen-bond acceptors (Lipinski definition) is 7. The number of carbonyl (C=O) groups is 1. The normalized spacial score (nSPS) is 12.4. The molecule has 0 saturated heterocycles. The summed E-state index contributed by atoms with van der Waals surface area (Å²) in [6, 6.07) is 22.0. The molecule has 8 nitrogen and oxygen atoms in total. The average Bonchev–Trinajstić information content (AvgIpc) is 3.20. The Morgan fingerprint density at radius 1 is 1.00 bits per heavy atom. The van der Waals surface area contributed by atoms with E-state index in [0.717, 1.165) is 5.52 Å². The maximum Gasteiger partial charge on any atom is 0.338 e. The highest BCUT2D eigenvalue weighted by Gasteiger charge is 2.22. The Morgan fingerprint density at radius 3 is 2.40 bits per heavy atom. The van der Waals surface area contributed by atoms with E-state index in [-0.39, 0.29) is 23.8 Å². The third kappa shape index (κ3) is 5.87. The van der Waals surface area contributed by atoms with Crippen molar-refractivity contribution in [2.45, 2.75) is 30.2 Å². The fraction of sp³-hybridized carbons (Fsp3) is 0.231. The Hall–Kier alpha value is -3.69. The number of para-hydroxylation sites is 2. The van der Waals surface area contributed by atoms with Crippen molar-refractivity contribution in [3.63, 3.8) is 0 Å². The molecule has 0 aliphatic heterocycles. The number of imidazole rings is 1. The quantitative estimate of drug-likeness (QED) is 0.336. The molecule has 35 heavy (non-hydrogen) atoms. The van der Waals surface area contributed by atoms with Crippen LogP contribution in [0, 0.1) is 0 Å². The molecule has 0 spiro atoms. The monoisotopic (exact) mass is 494 g/mol.